The predicted octanol–water partition coefficient (Wildman–Crippen LogP) is 1.77. The van der Waals surface area contributed by atoms with Gasteiger partial charge in [-0.3, -0.25) is 4.79 Å². The Morgan fingerprint density at radius 2 is 2.12 bits per heavy atom. The van der Waals surface area contributed by atoms with E-state index in [4.69, 9.17) is 0 Å². The molecule has 1 aliphatic rings. The number of piperidine rings is 1. The van der Waals surface area contributed by atoms with Crippen LogP contribution in [0.15, 0.2) is 30.5 Å². The molecule has 1 atom stereocenters. The summed E-state index contributed by atoms with van der Waals surface area (Å²) in [5.74, 6) is -0.445. The van der Waals surface area contributed by atoms with Gasteiger partial charge in [0.15, 0.2) is 5.69 Å². The molecule has 1 amide bonds. The van der Waals surface area contributed by atoms with Crippen LogP contribution < -0.4 is 10.6 Å². The molecule has 9 heteroatoms. The first-order valence-electron chi connectivity index (χ1n) is 7.55. The number of benzene rings is 1. The highest BCUT2D eigenvalue weighted by molar-refractivity contribution is 5.92. The Balaban J connectivity index is 1.80. The molecule has 1 aromatic heterocycles. The second-order valence-corrected chi connectivity index (χ2v) is 5.58. The molecule has 1 unspecified atom stereocenters. The van der Waals surface area contributed by atoms with Crippen molar-refractivity contribution >= 4 is 5.91 Å². The lowest BCUT2D eigenvalue weighted by atomic mass is 10.1. The third-order valence-corrected chi connectivity index (χ3v) is 3.81. The zero-order valence-corrected chi connectivity index (χ0v) is 12.7. The maximum atomic E-state index is 13.1. The first-order chi connectivity index (χ1) is 11.4. The molecule has 0 bridgehead atoms. The van der Waals surface area contributed by atoms with Crippen molar-refractivity contribution in [1.29, 1.82) is 0 Å². The highest BCUT2D eigenvalue weighted by Crippen LogP contribution is 2.33. The smallest absolute Gasteiger partial charge is 0.347 e. The molecular weight excluding hydrogens is 323 g/mol. The van der Waals surface area contributed by atoms with E-state index in [-0.39, 0.29) is 17.4 Å². The van der Waals surface area contributed by atoms with E-state index in [0.29, 0.717) is 6.54 Å². The van der Waals surface area contributed by atoms with Gasteiger partial charge in [0.2, 0.25) is 0 Å². The first-order valence-corrected chi connectivity index (χ1v) is 7.55. The number of halogens is 3. The monoisotopic (exact) mass is 339 g/mol. The van der Waals surface area contributed by atoms with Crippen LogP contribution in [-0.4, -0.2) is 40.0 Å². The minimum Gasteiger partial charge on any atom is -0.347 e. The Kier molecular flexibility index (Phi) is 4.52. The Morgan fingerprint density at radius 1 is 1.33 bits per heavy atom. The number of hydrogen-bond acceptors (Lipinski definition) is 4. The zero-order valence-electron chi connectivity index (χ0n) is 12.7. The molecule has 128 valence electrons. The molecule has 1 saturated heterocycles. The van der Waals surface area contributed by atoms with Gasteiger partial charge in [0.1, 0.15) is 0 Å². The van der Waals surface area contributed by atoms with Crippen molar-refractivity contribution < 1.29 is 18.0 Å². The minimum atomic E-state index is -4.52. The Labute approximate surface area is 136 Å². The second kappa shape index (κ2) is 6.60. The highest BCUT2D eigenvalue weighted by atomic mass is 19.4. The van der Waals surface area contributed by atoms with Crippen LogP contribution in [0.4, 0.5) is 13.2 Å². The number of amides is 1. The molecule has 1 aliphatic heterocycles. The summed E-state index contributed by atoms with van der Waals surface area (Å²) < 4.78 is 40.2. The maximum Gasteiger partial charge on any atom is 0.418 e. The standard InChI is InChI=1S/C15H16F3N5O/c16-15(17,18)11-5-1-2-6-13(11)23-9-12(21-22-23)14(24)20-10-4-3-7-19-8-10/h1-2,5-6,9-10,19H,3-4,7-8H2,(H,20,24). The van der Waals surface area contributed by atoms with Gasteiger partial charge in [0.05, 0.1) is 17.4 Å². The van der Waals surface area contributed by atoms with Crippen LogP contribution in [0.5, 0.6) is 0 Å². The predicted molar refractivity (Wildman–Crippen MR) is 79.7 cm³/mol. The minimum absolute atomic E-state index is 0.0149. The molecule has 1 fully saturated rings. The molecule has 2 aromatic rings. The lowest BCUT2D eigenvalue weighted by Crippen LogP contribution is -2.45. The Morgan fingerprint density at radius 3 is 2.83 bits per heavy atom. The quantitative estimate of drug-likeness (QED) is 0.894. The van der Waals surface area contributed by atoms with Crippen LogP contribution >= 0.6 is 0 Å². The lowest BCUT2D eigenvalue weighted by Gasteiger charge is -2.23. The summed E-state index contributed by atoms with van der Waals surface area (Å²) in [6.07, 6.45) is -1.50. The van der Waals surface area contributed by atoms with E-state index in [9.17, 15) is 18.0 Å². The van der Waals surface area contributed by atoms with Crippen molar-refractivity contribution in [2.24, 2.45) is 0 Å². The Hall–Kier alpha value is -2.42. The van der Waals surface area contributed by atoms with Crippen molar-refractivity contribution in [3.63, 3.8) is 0 Å². The van der Waals surface area contributed by atoms with Gasteiger partial charge in [-0.15, -0.1) is 5.10 Å². The molecule has 0 spiro atoms. The van der Waals surface area contributed by atoms with Gasteiger partial charge in [0.25, 0.3) is 5.91 Å². The average molecular weight is 339 g/mol. The third-order valence-electron chi connectivity index (χ3n) is 3.81. The van der Waals surface area contributed by atoms with Gasteiger partial charge in [-0.25, -0.2) is 4.68 Å². The van der Waals surface area contributed by atoms with Crippen molar-refractivity contribution in [2.75, 3.05) is 13.1 Å². The maximum absolute atomic E-state index is 13.1. The number of carbonyl (C=O) groups is 1. The van der Waals surface area contributed by atoms with Crippen LogP contribution in [0.25, 0.3) is 5.69 Å². The average Bonchev–Trinajstić information content (AvgIpc) is 3.05. The lowest BCUT2D eigenvalue weighted by molar-refractivity contribution is -0.137. The molecule has 0 aliphatic carbocycles. The van der Waals surface area contributed by atoms with Crippen LogP contribution in [0, 0.1) is 0 Å². The first kappa shape index (κ1) is 16.4. The van der Waals surface area contributed by atoms with Gasteiger partial charge in [-0.1, -0.05) is 17.3 Å². The Bertz CT molecular complexity index is 722. The van der Waals surface area contributed by atoms with Gasteiger partial charge in [-0.05, 0) is 31.5 Å². The number of aromatic nitrogens is 3. The number of carbonyl (C=O) groups excluding carboxylic acids is 1. The summed E-state index contributed by atoms with van der Waals surface area (Å²) in [6, 6.07) is 5.00. The van der Waals surface area contributed by atoms with E-state index in [1.54, 1.807) is 0 Å². The molecule has 2 heterocycles. The molecule has 0 radical (unpaired) electrons. The van der Waals surface area contributed by atoms with Gasteiger partial charge >= 0.3 is 6.18 Å². The topological polar surface area (TPSA) is 71.8 Å². The van der Waals surface area contributed by atoms with E-state index in [1.165, 1.54) is 24.4 Å². The fourth-order valence-corrected chi connectivity index (χ4v) is 2.63. The molecule has 24 heavy (non-hydrogen) atoms. The van der Waals surface area contributed by atoms with Gasteiger partial charge < -0.3 is 10.6 Å². The summed E-state index contributed by atoms with van der Waals surface area (Å²) >= 11 is 0. The van der Waals surface area contributed by atoms with Crippen molar-refractivity contribution in [3.8, 4) is 5.69 Å². The second-order valence-electron chi connectivity index (χ2n) is 5.58. The molecule has 1 aromatic carbocycles. The number of alkyl halides is 3. The van der Waals surface area contributed by atoms with Crippen LogP contribution in [-0.2, 0) is 6.18 Å². The summed E-state index contributed by atoms with van der Waals surface area (Å²) in [5.41, 5.74) is -1.02. The number of hydrogen-bond donors (Lipinski definition) is 2. The normalized spacial score (nSPS) is 18.4. The molecule has 2 N–H and O–H groups in total. The van der Waals surface area contributed by atoms with Crippen molar-refractivity contribution in [3.05, 3.63) is 41.7 Å². The highest BCUT2D eigenvalue weighted by Gasteiger charge is 2.34. The fourth-order valence-electron chi connectivity index (χ4n) is 2.63. The van der Waals surface area contributed by atoms with Crippen molar-refractivity contribution in [1.82, 2.24) is 25.6 Å². The number of nitrogens with one attached hydrogen (secondary N) is 2. The van der Waals surface area contributed by atoms with Crippen LogP contribution in [0.2, 0.25) is 0 Å². The summed E-state index contributed by atoms with van der Waals surface area (Å²) in [7, 11) is 0. The van der Waals surface area contributed by atoms with Gasteiger partial charge in [0, 0.05) is 12.6 Å². The molecule has 6 nitrogen and oxygen atoms in total. The van der Waals surface area contributed by atoms with Crippen LogP contribution in [0.1, 0.15) is 28.9 Å². The largest absolute Gasteiger partial charge is 0.418 e. The van der Waals surface area contributed by atoms with E-state index in [1.807, 2.05) is 0 Å². The third kappa shape index (κ3) is 3.56. The van der Waals surface area contributed by atoms with E-state index >= 15 is 0 Å². The van der Waals surface area contributed by atoms with Crippen molar-refractivity contribution in [2.45, 2.75) is 25.1 Å². The molecular formula is C15H16F3N5O. The zero-order chi connectivity index (χ0) is 17.2. The fraction of sp³-hybridized carbons (Fsp3) is 0.400. The SMILES string of the molecule is O=C(NC1CCCNC1)c1cn(-c2ccccc2C(F)(F)F)nn1. The summed E-state index contributed by atoms with van der Waals surface area (Å²) in [6.45, 7) is 1.58. The molecule has 0 saturated carbocycles. The van der Waals surface area contributed by atoms with Crippen LogP contribution in [0.3, 0.4) is 0 Å². The van der Waals surface area contributed by atoms with Gasteiger partial charge in [-0.2, -0.15) is 13.2 Å². The van der Waals surface area contributed by atoms with E-state index < -0.39 is 17.6 Å². The van der Waals surface area contributed by atoms with E-state index in [2.05, 4.69) is 20.9 Å². The summed E-state index contributed by atoms with van der Waals surface area (Å²) in [4.78, 5) is 12.2. The number of nitrogens with zero attached hydrogens (tertiary/aromatic N) is 3. The number of rotatable bonds is 3. The molecule has 3 rings (SSSR count). The van der Waals surface area contributed by atoms with E-state index in [0.717, 1.165) is 30.1 Å². The number of para-hydroxylation sites is 1. The summed E-state index contributed by atoms with van der Waals surface area (Å²) in [5, 5.41) is 13.3.